The molecule has 0 radical (unpaired) electrons. The minimum atomic E-state index is -0.246. The highest BCUT2D eigenvalue weighted by atomic mass is 32.1. The van der Waals surface area contributed by atoms with Gasteiger partial charge in [0, 0.05) is 18.0 Å². The van der Waals surface area contributed by atoms with Crippen LogP contribution in [0.5, 0.6) is 0 Å². The van der Waals surface area contributed by atoms with E-state index < -0.39 is 0 Å². The summed E-state index contributed by atoms with van der Waals surface area (Å²) in [4.78, 5) is 36.8. The summed E-state index contributed by atoms with van der Waals surface area (Å²) in [5, 5.41) is 5.26. The third kappa shape index (κ3) is 3.31. The molecule has 1 amide bonds. The fourth-order valence-electron chi connectivity index (χ4n) is 2.83. The summed E-state index contributed by atoms with van der Waals surface area (Å²) in [6, 6.07) is 6.17. The Hall–Kier alpha value is -3.33. The molecular weight excluding hydrogens is 376 g/mol. The lowest BCUT2D eigenvalue weighted by molar-refractivity contribution is -0.116. The van der Waals surface area contributed by atoms with E-state index in [1.807, 2.05) is 11.4 Å². The van der Waals surface area contributed by atoms with Gasteiger partial charge in [0.2, 0.25) is 5.91 Å². The summed E-state index contributed by atoms with van der Waals surface area (Å²) in [5.41, 5.74) is 4.94. The monoisotopic (exact) mass is 394 g/mol. The lowest BCUT2D eigenvalue weighted by atomic mass is 10.1. The predicted octanol–water partition coefficient (Wildman–Crippen LogP) is 2.51. The van der Waals surface area contributed by atoms with Crippen molar-refractivity contribution in [1.82, 2.24) is 24.1 Å². The average Bonchev–Trinajstić information content (AvgIpc) is 3.28. The number of carbonyl (C=O) groups is 1. The van der Waals surface area contributed by atoms with Gasteiger partial charge in [-0.25, -0.2) is 15.0 Å². The maximum Gasteiger partial charge on any atom is 0.270 e. The number of benzene rings is 1. The van der Waals surface area contributed by atoms with E-state index in [0.717, 1.165) is 11.3 Å². The van der Waals surface area contributed by atoms with E-state index >= 15 is 0 Å². The summed E-state index contributed by atoms with van der Waals surface area (Å²) in [6.07, 6.45) is 2.72. The Morgan fingerprint density at radius 2 is 2.00 bits per heavy atom. The van der Waals surface area contributed by atoms with E-state index in [2.05, 4.69) is 46.2 Å². The Bertz CT molecular complexity index is 1250. The average molecular weight is 394 g/mol. The topological polar surface area (TPSA) is 94.7 Å². The second kappa shape index (κ2) is 7.01. The highest BCUT2D eigenvalue weighted by Crippen LogP contribution is 2.26. The zero-order chi connectivity index (χ0) is 19.8. The number of nitrogens with one attached hydrogen (secondary N) is 1. The van der Waals surface area contributed by atoms with Crippen molar-refractivity contribution in [2.24, 2.45) is 7.05 Å². The van der Waals surface area contributed by atoms with Gasteiger partial charge in [0.15, 0.2) is 16.4 Å². The van der Waals surface area contributed by atoms with Crippen LogP contribution in [0.3, 0.4) is 0 Å². The van der Waals surface area contributed by atoms with E-state index in [1.165, 1.54) is 39.6 Å². The van der Waals surface area contributed by atoms with Crippen LogP contribution >= 0.6 is 11.3 Å². The first-order valence-electron chi connectivity index (χ1n) is 8.62. The SMILES string of the molecule is Cc1ccc(-c2csc(NC(=O)Cn3cnc4c3ncc(=O)n4C)n2)cc1C. The van der Waals surface area contributed by atoms with Crippen LogP contribution in [-0.4, -0.2) is 30.0 Å². The van der Waals surface area contributed by atoms with Gasteiger partial charge in [-0.3, -0.25) is 14.2 Å². The molecule has 0 atom stereocenters. The predicted molar refractivity (Wildman–Crippen MR) is 108 cm³/mol. The maximum absolute atomic E-state index is 12.4. The van der Waals surface area contributed by atoms with Crippen LogP contribution in [0.4, 0.5) is 5.13 Å². The molecule has 1 aromatic carbocycles. The normalized spacial score (nSPS) is 11.1. The molecule has 0 bridgehead atoms. The van der Waals surface area contributed by atoms with Crippen molar-refractivity contribution in [1.29, 1.82) is 0 Å². The Morgan fingerprint density at radius 1 is 1.18 bits per heavy atom. The van der Waals surface area contributed by atoms with Gasteiger partial charge >= 0.3 is 0 Å². The number of anilines is 1. The smallest absolute Gasteiger partial charge is 0.270 e. The van der Waals surface area contributed by atoms with Crippen molar-refractivity contribution in [2.45, 2.75) is 20.4 Å². The highest BCUT2D eigenvalue weighted by molar-refractivity contribution is 7.14. The van der Waals surface area contributed by atoms with E-state index in [1.54, 1.807) is 11.6 Å². The molecule has 0 saturated carbocycles. The first-order chi connectivity index (χ1) is 13.4. The van der Waals surface area contributed by atoms with Crippen molar-refractivity contribution >= 4 is 33.7 Å². The maximum atomic E-state index is 12.4. The third-order valence-electron chi connectivity index (χ3n) is 4.60. The van der Waals surface area contributed by atoms with Crippen molar-refractivity contribution in [3.8, 4) is 11.3 Å². The first kappa shape index (κ1) is 18.1. The number of fused-ring (bicyclic) bond motifs is 1. The number of thiazole rings is 1. The van der Waals surface area contributed by atoms with Crippen LogP contribution in [-0.2, 0) is 18.4 Å². The van der Waals surface area contributed by atoms with Crippen LogP contribution in [0, 0.1) is 13.8 Å². The van der Waals surface area contributed by atoms with E-state index in [9.17, 15) is 9.59 Å². The Balaban J connectivity index is 1.50. The fraction of sp³-hybridized carbons (Fsp3) is 0.211. The minimum Gasteiger partial charge on any atom is -0.304 e. The number of aromatic nitrogens is 5. The number of carbonyl (C=O) groups excluding carboxylic acids is 1. The van der Waals surface area contributed by atoms with Crippen molar-refractivity contribution in [3.05, 3.63) is 57.6 Å². The molecular formula is C19H18N6O2S. The number of hydrogen-bond acceptors (Lipinski definition) is 6. The molecule has 9 heteroatoms. The number of nitrogens with zero attached hydrogens (tertiary/aromatic N) is 5. The molecule has 142 valence electrons. The molecule has 0 fully saturated rings. The molecule has 28 heavy (non-hydrogen) atoms. The van der Waals surface area contributed by atoms with Crippen LogP contribution < -0.4 is 10.9 Å². The summed E-state index contributed by atoms with van der Waals surface area (Å²) >= 11 is 1.37. The highest BCUT2D eigenvalue weighted by Gasteiger charge is 2.13. The number of amides is 1. The van der Waals surface area contributed by atoms with Gasteiger partial charge in [0.1, 0.15) is 6.54 Å². The second-order valence-corrected chi connectivity index (χ2v) is 7.42. The van der Waals surface area contributed by atoms with Gasteiger partial charge in [-0.15, -0.1) is 11.3 Å². The summed E-state index contributed by atoms with van der Waals surface area (Å²) in [6.45, 7) is 4.16. The number of imidazole rings is 1. The van der Waals surface area contributed by atoms with Gasteiger partial charge in [-0.1, -0.05) is 12.1 Å². The molecule has 3 heterocycles. The Kier molecular flexibility index (Phi) is 4.52. The third-order valence-corrected chi connectivity index (χ3v) is 5.36. The van der Waals surface area contributed by atoms with Crippen LogP contribution in [0.15, 0.2) is 40.9 Å². The molecule has 4 aromatic rings. The van der Waals surface area contributed by atoms with E-state index in [0.29, 0.717) is 16.4 Å². The van der Waals surface area contributed by atoms with Crippen molar-refractivity contribution in [3.63, 3.8) is 0 Å². The lowest BCUT2D eigenvalue weighted by Gasteiger charge is -2.04. The number of rotatable bonds is 4. The molecule has 8 nitrogen and oxygen atoms in total. The first-order valence-corrected chi connectivity index (χ1v) is 9.50. The van der Waals surface area contributed by atoms with E-state index in [-0.39, 0.29) is 18.0 Å². The Morgan fingerprint density at radius 3 is 2.79 bits per heavy atom. The Labute approximate surface area is 164 Å². The molecule has 1 N–H and O–H groups in total. The zero-order valence-corrected chi connectivity index (χ0v) is 16.4. The van der Waals surface area contributed by atoms with Crippen LogP contribution in [0.2, 0.25) is 0 Å². The lowest BCUT2D eigenvalue weighted by Crippen LogP contribution is -2.20. The van der Waals surface area contributed by atoms with Crippen molar-refractivity contribution in [2.75, 3.05) is 5.32 Å². The minimum absolute atomic E-state index is 0.0280. The molecule has 3 aromatic heterocycles. The van der Waals surface area contributed by atoms with Gasteiger partial charge in [-0.05, 0) is 31.0 Å². The molecule has 4 rings (SSSR count). The number of hydrogen-bond donors (Lipinski definition) is 1. The quantitative estimate of drug-likeness (QED) is 0.574. The zero-order valence-electron chi connectivity index (χ0n) is 15.6. The number of aryl methyl sites for hydroxylation is 3. The van der Waals surface area contributed by atoms with Crippen molar-refractivity contribution < 1.29 is 4.79 Å². The van der Waals surface area contributed by atoms with Gasteiger partial charge in [0.25, 0.3) is 5.56 Å². The molecule has 0 aliphatic carbocycles. The summed E-state index contributed by atoms with van der Waals surface area (Å²) < 4.78 is 3.00. The standard InChI is InChI=1S/C19H18N6O2S/c1-11-4-5-13(6-12(11)2)14-9-28-19(22-14)23-15(26)8-25-10-21-17-18(25)20-7-16(27)24(17)3/h4-7,9-10H,8H2,1-3H3,(H,22,23,26). The van der Waals surface area contributed by atoms with Gasteiger partial charge in [-0.2, -0.15) is 0 Å². The molecule has 0 spiro atoms. The summed E-state index contributed by atoms with van der Waals surface area (Å²) in [7, 11) is 1.62. The van der Waals surface area contributed by atoms with E-state index in [4.69, 9.17) is 0 Å². The molecule has 0 aliphatic rings. The summed E-state index contributed by atoms with van der Waals surface area (Å²) in [5.74, 6) is -0.240. The van der Waals surface area contributed by atoms with Crippen LogP contribution in [0.1, 0.15) is 11.1 Å². The largest absolute Gasteiger partial charge is 0.304 e. The van der Waals surface area contributed by atoms with Gasteiger partial charge < -0.3 is 9.88 Å². The second-order valence-electron chi connectivity index (χ2n) is 6.56. The molecule has 0 aliphatic heterocycles. The van der Waals surface area contributed by atoms with Gasteiger partial charge in [0.05, 0.1) is 18.2 Å². The molecule has 0 unspecified atom stereocenters. The molecule has 0 saturated heterocycles. The van der Waals surface area contributed by atoms with Crippen LogP contribution in [0.25, 0.3) is 22.6 Å². The fourth-order valence-corrected chi connectivity index (χ4v) is 3.57.